The van der Waals surface area contributed by atoms with Gasteiger partial charge in [-0.3, -0.25) is 14.4 Å². The molecule has 8 heteroatoms. The monoisotopic (exact) mass is 349 g/mol. The molecule has 0 unspecified atom stereocenters. The minimum absolute atomic E-state index is 0.263. The molecule has 0 bridgehead atoms. The quantitative estimate of drug-likeness (QED) is 0.848. The zero-order valence-electron chi connectivity index (χ0n) is 13.2. The van der Waals surface area contributed by atoms with Crippen LogP contribution in [-0.4, -0.2) is 34.5 Å². The van der Waals surface area contributed by atoms with Crippen LogP contribution in [0, 0.1) is 0 Å². The maximum atomic E-state index is 12.6. The highest BCUT2D eigenvalue weighted by molar-refractivity contribution is 6.42. The zero-order valence-corrected chi connectivity index (χ0v) is 13.2. The molecule has 8 nitrogen and oxygen atoms in total. The molecular formula is C18H11N3O5. The number of hydrogen-bond donors (Lipinski definition) is 1. The Bertz CT molecular complexity index is 992. The Morgan fingerprint density at radius 3 is 2.12 bits per heavy atom. The van der Waals surface area contributed by atoms with Crippen molar-refractivity contribution in [3.8, 4) is 0 Å². The second-order valence-electron chi connectivity index (χ2n) is 5.75. The lowest BCUT2D eigenvalue weighted by atomic mass is 10.1. The number of fused-ring (bicyclic) bond motifs is 1. The molecule has 0 radical (unpaired) electrons. The second-order valence-corrected chi connectivity index (χ2v) is 5.75. The van der Waals surface area contributed by atoms with Gasteiger partial charge in [0.25, 0.3) is 17.7 Å². The van der Waals surface area contributed by atoms with Gasteiger partial charge in [0.1, 0.15) is 0 Å². The molecular weight excluding hydrogens is 338 g/mol. The van der Waals surface area contributed by atoms with Gasteiger partial charge in [-0.15, -0.1) is 0 Å². The van der Waals surface area contributed by atoms with Crippen LogP contribution in [0.3, 0.4) is 0 Å². The minimum Gasteiger partial charge on any atom is -0.477 e. The van der Waals surface area contributed by atoms with Gasteiger partial charge in [-0.25, -0.2) is 9.69 Å². The van der Waals surface area contributed by atoms with Crippen LogP contribution < -0.4 is 9.91 Å². The van der Waals surface area contributed by atoms with Crippen LogP contribution >= 0.6 is 0 Å². The average molecular weight is 349 g/mol. The third kappa shape index (κ3) is 2.27. The van der Waals surface area contributed by atoms with E-state index in [-0.39, 0.29) is 23.5 Å². The number of benzene rings is 2. The summed E-state index contributed by atoms with van der Waals surface area (Å²) in [6.45, 7) is 0. The number of carbonyl (C=O) groups is 4. The summed E-state index contributed by atoms with van der Waals surface area (Å²) in [7, 11) is 0. The summed E-state index contributed by atoms with van der Waals surface area (Å²) in [6.07, 6.45) is -0.313. The maximum Gasteiger partial charge on any atom is 0.352 e. The largest absolute Gasteiger partial charge is 0.477 e. The molecule has 0 fully saturated rings. The molecule has 0 aliphatic carbocycles. The van der Waals surface area contributed by atoms with Gasteiger partial charge < -0.3 is 5.11 Å². The second kappa shape index (κ2) is 5.62. The van der Waals surface area contributed by atoms with Gasteiger partial charge >= 0.3 is 5.97 Å². The van der Waals surface area contributed by atoms with Crippen molar-refractivity contribution < 1.29 is 24.3 Å². The molecule has 4 rings (SSSR count). The number of aliphatic carboxylic acids is 1. The third-order valence-corrected chi connectivity index (χ3v) is 4.15. The Morgan fingerprint density at radius 1 is 0.923 bits per heavy atom. The van der Waals surface area contributed by atoms with Crippen LogP contribution in [0.15, 0.2) is 53.6 Å². The molecule has 0 saturated heterocycles. The predicted octanol–water partition coefficient (Wildman–Crippen LogP) is 1.66. The van der Waals surface area contributed by atoms with Gasteiger partial charge in [0.2, 0.25) is 0 Å². The number of anilines is 2. The number of carbonyl (C=O) groups excluding carboxylic acids is 3. The van der Waals surface area contributed by atoms with Crippen molar-refractivity contribution in [3.05, 3.63) is 59.7 Å². The number of imide groups is 1. The summed E-state index contributed by atoms with van der Waals surface area (Å²) in [5, 5.41) is 13.7. The van der Waals surface area contributed by atoms with E-state index in [0.717, 1.165) is 9.91 Å². The van der Waals surface area contributed by atoms with Crippen LogP contribution in [0.4, 0.5) is 11.4 Å². The molecule has 2 aromatic rings. The van der Waals surface area contributed by atoms with Crippen molar-refractivity contribution in [2.24, 2.45) is 5.10 Å². The van der Waals surface area contributed by atoms with Crippen LogP contribution in [0.1, 0.15) is 27.1 Å². The minimum atomic E-state index is -1.27. The SMILES string of the molecule is O=C(O)C1=NN(c2cccc(N3C(=O)c4ccccc4C3=O)c2)C(=O)C1. The Balaban J connectivity index is 1.72. The number of nitrogens with zero attached hydrogens (tertiary/aromatic N) is 3. The molecule has 1 N–H and O–H groups in total. The Hall–Kier alpha value is -3.81. The van der Waals surface area contributed by atoms with Crippen LogP contribution in [0.2, 0.25) is 0 Å². The molecule has 2 aliphatic heterocycles. The van der Waals surface area contributed by atoms with Crippen LogP contribution in [-0.2, 0) is 9.59 Å². The zero-order chi connectivity index (χ0) is 18.4. The Labute approximate surface area is 146 Å². The summed E-state index contributed by atoms with van der Waals surface area (Å²) < 4.78 is 0. The third-order valence-electron chi connectivity index (χ3n) is 4.15. The molecule has 2 heterocycles. The lowest BCUT2D eigenvalue weighted by molar-refractivity contribution is -0.129. The van der Waals surface area contributed by atoms with E-state index < -0.39 is 23.7 Å². The molecule has 2 aliphatic rings. The molecule has 3 amide bonds. The van der Waals surface area contributed by atoms with E-state index in [0.29, 0.717) is 11.1 Å². The molecule has 0 spiro atoms. The van der Waals surface area contributed by atoms with Crippen molar-refractivity contribution in [2.45, 2.75) is 6.42 Å². The highest BCUT2D eigenvalue weighted by Gasteiger charge is 2.37. The van der Waals surface area contributed by atoms with Gasteiger partial charge in [-0.05, 0) is 30.3 Å². The highest BCUT2D eigenvalue weighted by Crippen LogP contribution is 2.31. The van der Waals surface area contributed by atoms with E-state index in [4.69, 9.17) is 5.11 Å². The summed E-state index contributed by atoms with van der Waals surface area (Å²) in [5.74, 6) is -2.67. The summed E-state index contributed by atoms with van der Waals surface area (Å²) in [6, 6.07) is 12.6. The van der Waals surface area contributed by atoms with Crippen molar-refractivity contribution in [1.82, 2.24) is 0 Å². The highest BCUT2D eigenvalue weighted by atomic mass is 16.4. The average Bonchev–Trinajstić information content (AvgIpc) is 3.14. The first-order valence-corrected chi connectivity index (χ1v) is 7.69. The van der Waals surface area contributed by atoms with E-state index >= 15 is 0 Å². The number of rotatable bonds is 3. The number of hydrazone groups is 1. The predicted molar refractivity (Wildman–Crippen MR) is 91.2 cm³/mol. The number of carboxylic acid groups (broad SMARTS) is 1. The van der Waals surface area contributed by atoms with Crippen molar-refractivity contribution >= 4 is 40.8 Å². The molecule has 26 heavy (non-hydrogen) atoms. The van der Waals surface area contributed by atoms with Crippen molar-refractivity contribution in [2.75, 3.05) is 9.91 Å². The molecule has 128 valence electrons. The fourth-order valence-electron chi connectivity index (χ4n) is 2.94. The first-order valence-electron chi connectivity index (χ1n) is 7.69. The van der Waals surface area contributed by atoms with Crippen LogP contribution in [0.5, 0.6) is 0 Å². The van der Waals surface area contributed by atoms with E-state index in [1.54, 1.807) is 42.5 Å². The first kappa shape index (κ1) is 15.7. The van der Waals surface area contributed by atoms with Gasteiger partial charge in [-0.2, -0.15) is 10.1 Å². The normalized spacial score (nSPS) is 16.2. The lowest BCUT2D eigenvalue weighted by Gasteiger charge is -2.17. The summed E-state index contributed by atoms with van der Waals surface area (Å²) in [5.41, 5.74) is 0.916. The number of hydrogen-bond acceptors (Lipinski definition) is 5. The van der Waals surface area contributed by atoms with Crippen molar-refractivity contribution in [3.63, 3.8) is 0 Å². The summed E-state index contributed by atoms with van der Waals surface area (Å²) >= 11 is 0. The fourth-order valence-corrected chi connectivity index (χ4v) is 2.94. The van der Waals surface area contributed by atoms with Crippen molar-refractivity contribution in [1.29, 1.82) is 0 Å². The van der Waals surface area contributed by atoms with E-state index in [2.05, 4.69) is 5.10 Å². The van der Waals surface area contributed by atoms with E-state index in [1.165, 1.54) is 6.07 Å². The molecule has 0 aromatic heterocycles. The maximum absolute atomic E-state index is 12.6. The lowest BCUT2D eigenvalue weighted by Crippen LogP contribution is -2.29. The van der Waals surface area contributed by atoms with Gasteiger partial charge in [0.05, 0.1) is 28.9 Å². The molecule has 0 saturated carbocycles. The smallest absolute Gasteiger partial charge is 0.352 e. The standard InChI is InChI=1S/C18H11N3O5/c22-15-9-14(18(25)26)19-21(15)11-5-3-4-10(8-11)20-16(23)12-6-1-2-7-13(12)17(20)24/h1-8H,9H2,(H,25,26). The molecule has 2 aromatic carbocycles. The topological polar surface area (TPSA) is 107 Å². The Morgan fingerprint density at radius 2 is 1.54 bits per heavy atom. The van der Waals surface area contributed by atoms with Gasteiger partial charge in [-0.1, -0.05) is 18.2 Å². The number of carboxylic acids is 1. The Kier molecular flexibility index (Phi) is 3.40. The van der Waals surface area contributed by atoms with Gasteiger partial charge in [0.15, 0.2) is 5.71 Å². The number of amides is 3. The molecule has 0 atom stereocenters. The van der Waals surface area contributed by atoms with E-state index in [1.807, 2.05) is 0 Å². The van der Waals surface area contributed by atoms with E-state index in [9.17, 15) is 19.2 Å². The fraction of sp³-hybridized carbons (Fsp3) is 0.0556. The van der Waals surface area contributed by atoms with Crippen LogP contribution in [0.25, 0.3) is 0 Å². The van der Waals surface area contributed by atoms with Gasteiger partial charge in [0, 0.05) is 0 Å². The first-order chi connectivity index (χ1) is 12.5. The summed E-state index contributed by atoms with van der Waals surface area (Å²) in [4.78, 5) is 49.2.